The highest BCUT2D eigenvalue weighted by molar-refractivity contribution is 6.06. The summed E-state index contributed by atoms with van der Waals surface area (Å²) in [4.78, 5) is 36.4. The lowest BCUT2D eigenvalue weighted by atomic mass is 10.1. The first-order chi connectivity index (χ1) is 18.0. The summed E-state index contributed by atoms with van der Waals surface area (Å²) in [6, 6.07) is 15.4. The van der Waals surface area contributed by atoms with Crippen LogP contribution >= 0.6 is 0 Å². The number of aromatic carboxylic acids is 1. The number of carboxylic acids is 2. The van der Waals surface area contributed by atoms with Crippen molar-refractivity contribution in [3.63, 3.8) is 0 Å². The average Bonchev–Trinajstić information content (AvgIpc) is 2.88. The lowest BCUT2D eigenvalue weighted by Crippen LogP contribution is -2.21. The normalized spacial score (nSPS) is 10.7. The van der Waals surface area contributed by atoms with Gasteiger partial charge in [-0.1, -0.05) is 24.3 Å². The number of anilines is 1. The molecule has 0 unspecified atom stereocenters. The maximum absolute atomic E-state index is 12.2. The molecule has 12 heteroatoms. The lowest BCUT2D eigenvalue weighted by Gasteiger charge is -2.11. The summed E-state index contributed by atoms with van der Waals surface area (Å²) in [6.45, 7) is 0.475. The molecular weight excluding hydrogens is 509 g/mol. The number of carbonyl (C=O) groups excluding carboxylic acids is 1. The van der Waals surface area contributed by atoms with Crippen LogP contribution in [0, 0.1) is 0 Å². The largest absolute Gasteiger partial charge is 0.493 e. The summed E-state index contributed by atoms with van der Waals surface area (Å²) in [7, 11) is 1.55. The Morgan fingerprint density at radius 3 is 2.34 bits per heavy atom. The number of ether oxygens (including phenoxy) is 2. The molecule has 2 aromatic carbocycles. The van der Waals surface area contributed by atoms with Gasteiger partial charge in [0.2, 0.25) is 5.91 Å². The standard InChI is InChI=1S/C24H22N2O5.C2HF3O2/c1-30-22-15-17(8-10-21(22)31-14-12-18-5-4-13-25-16-18)9-11-23(27)26-20-7-3-2-6-19(20)24(28)29;3-2(4,5)1(6)7/h2-11,13,15-16H,12,14H2,1H3,(H,26,27)(H,28,29);(H,6,7)/b11-9+;. The van der Waals surface area contributed by atoms with Gasteiger partial charge in [0.05, 0.1) is 25.0 Å². The number of nitrogens with zero attached hydrogens (tertiary/aromatic N) is 1. The third-order valence-corrected chi connectivity index (χ3v) is 4.64. The van der Waals surface area contributed by atoms with E-state index < -0.39 is 24.0 Å². The number of nitrogens with one attached hydrogen (secondary N) is 1. The van der Waals surface area contributed by atoms with E-state index in [1.807, 2.05) is 12.1 Å². The van der Waals surface area contributed by atoms with Gasteiger partial charge in [-0.05, 0) is 47.5 Å². The average molecular weight is 532 g/mol. The van der Waals surface area contributed by atoms with Crippen LogP contribution in [-0.2, 0) is 16.0 Å². The first-order valence-corrected chi connectivity index (χ1v) is 10.8. The third kappa shape index (κ3) is 9.64. The predicted molar refractivity (Wildman–Crippen MR) is 131 cm³/mol. The Bertz CT molecular complexity index is 1280. The highest BCUT2D eigenvalue weighted by Gasteiger charge is 2.38. The molecule has 0 atom stereocenters. The number of aliphatic carboxylic acids is 1. The number of methoxy groups -OCH3 is 1. The van der Waals surface area contributed by atoms with Crippen molar-refractivity contribution in [2.45, 2.75) is 12.6 Å². The SMILES string of the molecule is COc1cc(/C=C/C(=O)Nc2ccccc2C(=O)O)ccc1OCCc1cccnc1.O=C(O)C(F)(F)F. The number of carbonyl (C=O) groups is 3. The molecular formula is C26H23F3N2O7. The van der Waals surface area contributed by atoms with E-state index in [1.165, 1.54) is 18.2 Å². The van der Waals surface area contributed by atoms with Crippen LogP contribution in [0.3, 0.4) is 0 Å². The van der Waals surface area contributed by atoms with Crippen molar-refractivity contribution >= 4 is 29.6 Å². The third-order valence-electron chi connectivity index (χ3n) is 4.64. The second-order valence-corrected chi connectivity index (χ2v) is 7.35. The number of benzene rings is 2. The number of aromatic nitrogens is 1. The lowest BCUT2D eigenvalue weighted by molar-refractivity contribution is -0.192. The molecule has 0 saturated heterocycles. The van der Waals surface area contributed by atoms with E-state index in [9.17, 15) is 27.9 Å². The number of rotatable bonds is 9. The molecule has 1 aromatic heterocycles. The van der Waals surface area contributed by atoms with E-state index in [2.05, 4.69) is 10.3 Å². The zero-order valence-electron chi connectivity index (χ0n) is 19.9. The van der Waals surface area contributed by atoms with Crippen LogP contribution in [0.4, 0.5) is 18.9 Å². The summed E-state index contributed by atoms with van der Waals surface area (Å²) in [5.74, 6) is -3.16. The first kappa shape index (κ1) is 29.4. The Labute approximate surface area is 215 Å². The Kier molecular flexibility index (Phi) is 10.8. The van der Waals surface area contributed by atoms with Gasteiger partial charge in [0, 0.05) is 24.9 Å². The molecule has 0 aliphatic carbocycles. The minimum Gasteiger partial charge on any atom is -0.493 e. The molecule has 3 N–H and O–H groups in total. The molecule has 0 saturated carbocycles. The molecule has 0 spiro atoms. The van der Waals surface area contributed by atoms with Crippen LogP contribution in [0.5, 0.6) is 11.5 Å². The van der Waals surface area contributed by atoms with E-state index in [0.717, 1.165) is 17.5 Å². The Morgan fingerprint density at radius 2 is 1.74 bits per heavy atom. The molecule has 3 aromatic rings. The highest BCUT2D eigenvalue weighted by atomic mass is 19.4. The fourth-order valence-electron chi connectivity index (χ4n) is 2.86. The van der Waals surface area contributed by atoms with Gasteiger partial charge >= 0.3 is 18.1 Å². The zero-order valence-corrected chi connectivity index (χ0v) is 19.9. The zero-order chi connectivity index (χ0) is 28.1. The van der Waals surface area contributed by atoms with Crippen LogP contribution in [0.2, 0.25) is 0 Å². The summed E-state index contributed by atoms with van der Waals surface area (Å²) in [6.07, 6.45) is 2.10. The fourth-order valence-corrected chi connectivity index (χ4v) is 2.86. The Morgan fingerprint density at radius 1 is 1.03 bits per heavy atom. The molecule has 0 fully saturated rings. The van der Waals surface area contributed by atoms with Crippen molar-refractivity contribution in [3.05, 3.63) is 89.8 Å². The van der Waals surface area contributed by atoms with Gasteiger partial charge in [0.15, 0.2) is 11.5 Å². The number of alkyl halides is 3. The minimum absolute atomic E-state index is 0.0266. The van der Waals surface area contributed by atoms with Crippen LogP contribution in [-0.4, -0.2) is 52.9 Å². The number of hydrogen-bond donors (Lipinski definition) is 3. The summed E-state index contributed by atoms with van der Waals surface area (Å²) in [5.41, 5.74) is 2.08. The molecule has 0 radical (unpaired) electrons. The monoisotopic (exact) mass is 532 g/mol. The number of amides is 1. The molecule has 1 amide bonds. The summed E-state index contributed by atoms with van der Waals surface area (Å²) < 4.78 is 42.9. The van der Waals surface area contributed by atoms with E-state index in [-0.39, 0.29) is 11.3 Å². The molecule has 9 nitrogen and oxygen atoms in total. The van der Waals surface area contributed by atoms with Crippen molar-refractivity contribution in [1.82, 2.24) is 4.98 Å². The van der Waals surface area contributed by atoms with Gasteiger partial charge in [-0.15, -0.1) is 0 Å². The van der Waals surface area contributed by atoms with Crippen LogP contribution < -0.4 is 14.8 Å². The quantitative estimate of drug-likeness (QED) is 0.338. The predicted octanol–water partition coefficient (Wildman–Crippen LogP) is 4.70. The number of carboxylic acid groups (broad SMARTS) is 2. The fraction of sp³-hybridized carbons (Fsp3) is 0.154. The van der Waals surface area contributed by atoms with Crippen LogP contribution in [0.15, 0.2) is 73.1 Å². The van der Waals surface area contributed by atoms with Gasteiger partial charge < -0.3 is 25.0 Å². The Hall–Kier alpha value is -4.87. The van der Waals surface area contributed by atoms with Gasteiger partial charge in [0.1, 0.15) is 0 Å². The summed E-state index contributed by atoms with van der Waals surface area (Å²) >= 11 is 0. The number of para-hydroxylation sites is 1. The second kappa shape index (κ2) is 14.0. The van der Waals surface area contributed by atoms with Crippen LogP contribution in [0.25, 0.3) is 6.08 Å². The van der Waals surface area contributed by atoms with Gasteiger partial charge in [-0.2, -0.15) is 13.2 Å². The molecule has 1 heterocycles. The molecule has 200 valence electrons. The molecule has 0 aliphatic heterocycles. The second-order valence-electron chi connectivity index (χ2n) is 7.35. The van der Waals surface area contributed by atoms with Crippen LogP contribution in [0.1, 0.15) is 21.5 Å². The van der Waals surface area contributed by atoms with Crippen molar-refractivity contribution in [1.29, 1.82) is 0 Å². The summed E-state index contributed by atoms with van der Waals surface area (Å²) in [5, 5.41) is 18.9. The van der Waals surface area contributed by atoms with E-state index >= 15 is 0 Å². The van der Waals surface area contributed by atoms with E-state index in [0.29, 0.717) is 18.1 Å². The molecule has 0 bridgehead atoms. The maximum atomic E-state index is 12.2. The number of pyridine rings is 1. The first-order valence-electron chi connectivity index (χ1n) is 10.8. The van der Waals surface area contributed by atoms with Crippen molar-refractivity contribution in [3.8, 4) is 11.5 Å². The number of hydrogen-bond acceptors (Lipinski definition) is 6. The number of halogens is 3. The van der Waals surface area contributed by atoms with Crippen molar-refractivity contribution < 1.29 is 47.2 Å². The minimum atomic E-state index is -5.08. The topological polar surface area (TPSA) is 135 Å². The Balaban J connectivity index is 0.000000638. The van der Waals surface area contributed by atoms with E-state index in [1.54, 1.807) is 55.9 Å². The van der Waals surface area contributed by atoms with E-state index in [4.69, 9.17) is 19.4 Å². The smallest absolute Gasteiger partial charge is 0.490 e. The van der Waals surface area contributed by atoms with Crippen molar-refractivity contribution in [2.75, 3.05) is 19.0 Å². The van der Waals surface area contributed by atoms with Gasteiger partial charge in [-0.25, -0.2) is 9.59 Å². The molecule has 0 aliphatic rings. The van der Waals surface area contributed by atoms with Gasteiger partial charge in [-0.3, -0.25) is 9.78 Å². The molecule has 3 rings (SSSR count). The highest BCUT2D eigenvalue weighted by Crippen LogP contribution is 2.28. The molecule has 38 heavy (non-hydrogen) atoms. The van der Waals surface area contributed by atoms with Crippen molar-refractivity contribution in [2.24, 2.45) is 0 Å². The maximum Gasteiger partial charge on any atom is 0.490 e. The van der Waals surface area contributed by atoms with Gasteiger partial charge in [0.25, 0.3) is 0 Å².